The summed E-state index contributed by atoms with van der Waals surface area (Å²) in [5, 5.41) is 2.83. The van der Waals surface area contributed by atoms with Crippen LogP contribution in [0.4, 0.5) is 4.79 Å². The second-order valence-corrected chi connectivity index (χ2v) is 8.51. The van der Waals surface area contributed by atoms with Crippen LogP contribution in [0.2, 0.25) is 0 Å². The lowest BCUT2D eigenvalue weighted by atomic mass is 9.81. The van der Waals surface area contributed by atoms with Crippen LogP contribution in [0, 0.1) is 5.92 Å². The van der Waals surface area contributed by atoms with Crippen LogP contribution in [0.15, 0.2) is 0 Å². The van der Waals surface area contributed by atoms with Gasteiger partial charge in [-0.3, -0.25) is 4.79 Å². The molecular formula is C16H29N3O3S. The summed E-state index contributed by atoms with van der Waals surface area (Å²) >= 11 is 1.74. The number of hydrogen-bond acceptors (Lipinski definition) is 5. The molecule has 0 radical (unpaired) electrons. The fourth-order valence-electron chi connectivity index (χ4n) is 3.08. The maximum atomic E-state index is 12.8. The SMILES string of the molecule is CC(C)(C)OC(=O)NC(C(=O)N1CCSC1)C1CCC(N)CC1. The number of thioether (sulfide) groups is 1. The fourth-order valence-corrected chi connectivity index (χ4v) is 4.03. The molecule has 0 spiro atoms. The highest BCUT2D eigenvalue weighted by Crippen LogP contribution is 2.28. The van der Waals surface area contributed by atoms with E-state index in [2.05, 4.69) is 5.32 Å². The minimum Gasteiger partial charge on any atom is -0.444 e. The Labute approximate surface area is 142 Å². The van der Waals surface area contributed by atoms with Gasteiger partial charge in [0.25, 0.3) is 0 Å². The number of amides is 2. The van der Waals surface area contributed by atoms with E-state index in [-0.39, 0.29) is 17.9 Å². The summed E-state index contributed by atoms with van der Waals surface area (Å²) in [6.45, 7) is 6.21. The minimum atomic E-state index is -0.573. The predicted molar refractivity (Wildman–Crippen MR) is 92.1 cm³/mol. The number of carbonyl (C=O) groups is 2. The molecule has 2 aliphatic rings. The normalized spacial score (nSPS) is 26.7. The van der Waals surface area contributed by atoms with Crippen molar-refractivity contribution < 1.29 is 14.3 Å². The Morgan fingerprint density at radius 2 is 1.91 bits per heavy atom. The van der Waals surface area contributed by atoms with Crippen molar-refractivity contribution >= 4 is 23.8 Å². The van der Waals surface area contributed by atoms with Gasteiger partial charge in [-0.2, -0.15) is 0 Å². The second-order valence-electron chi connectivity index (χ2n) is 7.44. The number of nitrogens with zero attached hydrogens (tertiary/aromatic N) is 1. The summed E-state index contributed by atoms with van der Waals surface area (Å²) in [6, 6.07) is -0.290. The lowest BCUT2D eigenvalue weighted by Gasteiger charge is -2.34. The molecule has 1 heterocycles. The maximum absolute atomic E-state index is 12.8. The summed E-state index contributed by atoms with van der Waals surface area (Å²) in [5.41, 5.74) is 5.40. The van der Waals surface area contributed by atoms with Crippen LogP contribution >= 0.6 is 11.8 Å². The molecule has 2 fully saturated rings. The highest BCUT2D eigenvalue weighted by atomic mass is 32.2. The highest BCUT2D eigenvalue weighted by Gasteiger charge is 2.36. The van der Waals surface area contributed by atoms with Gasteiger partial charge in [0.05, 0.1) is 5.88 Å². The highest BCUT2D eigenvalue weighted by molar-refractivity contribution is 7.99. The molecule has 2 amide bonds. The smallest absolute Gasteiger partial charge is 0.408 e. The van der Waals surface area contributed by atoms with Gasteiger partial charge in [0, 0.05) is 18.3 Å². The summed E-state index contributed by atoms with van der Waals surface area (Å²) < 4.78 is 5.34. The largest absolute Gasteiger partial charge is 0.444 e. The van der Waals surface area contributed by atoms with E-state index in [9.17, 15) is 9.59 Å². The average Bonchev–Trinajstić information content (AvgIpc) is 2.97. The van der Waals surface area contributed by atoms with E-state index in [1.54, 1.807) is 11.8 Å². The van der Waals surface area contributed by atoms with Crippen molar-refractivity contribution in [2.24, 2.45) is 11.7 Å². The summed E-state index contributed by atoms with van der Waals surface area (Å²) in [6.07, 6.45) is 3.03. The van der Waals surface area contributed by atoms with Crippen LogP contribution in [-0.2, 0) is 9.53 Å². The van der Waals surface area contributed by atoms with E-state index in [4.69, 9.17) is 10.5 Å². The Bertz CT molecular complexity index is 425. The molecule has 1 atom stereocenters. The van der Waals surface area contributed by atoms with Crippen LogP contribution in [0.25, 0.3) is 0 Å². The second kappa shape index (κ2) is 7.75. The van der Waals surface area contributed by atoms with Crippen LogP contribution < -0.4 is 11.1 Å². The molecule has 3 N–H and O–H groups in total. The Morgan fingerprint density at radius 1 is 1.26 bits per heavy atom. The minimum absolute atomic E-state index is 0.0151. The van der Waals surface area contributed by atoms with E-state index in [1.807, 2.05) is 25.7 Å². The van der Waals surface area contributed by atoms with Crippen molar-refractivity contribution in [2.45, 2.75) is 64.1 Å². The van der Waals surface area contributed by atoms with E-state index in [0.717, 1.165) is 38.0 Å². The Hall–Kier alpha value is -0.950. The van der Waals surface area contributed by atoms with Crippen molar-refractivity contribution in [2.75, 3.05) is 18.2 Å². The molecule has 1 aliphatic heterocycles. The van der Waals surface area contributed by atoms with Gasteiger partial charge in [0.2, 0.25) is 5.91 Å². The van der Waals surface area contributed by atoms with Gasteiger partial charge < -0.3 is 20.7 Å². The third-order valence-electron chi connectivity index (χ3n) is 4.29. The lowest BCUT2D eigenvalue weighted by molar-refractivity contribution is -0.133. The van der Waals surface area contributed by atoms with E-state index in [1.165, 1.54) is 0 Å². The molecule has 2 rings (SSSR count). The number of carbonyl (C=O) groups excluding carboxylic acids is 2. The Kier molecular flexibility index (Phi) is 6.19. The molecule has 0 aromatic rings. The first-order chi connectivity index (χ1) is 10.8. The third kappa shape index (κ3) is 5.57. The van der Waals surface area contributed by atoms with Gasteiger partial charge in [-0.15, -0.1) is 11.8 Å². The standard InChI is InChI=1S/C16H29N3O3S/c1-16(2,3)22-15(21)18-13(11-4-6-12(17)7-5-11)14(20)19-8-9-23-10-19/h11-13H,4-10,17H2,1-3H3,(H,18,21). The van der Waals surface area contributed by atoms with E-state index < -0.39 is 17.7 Å². The van der Waals surface area contributed by atoms with Gasteiger partial charge in [0.15, 0.2) is 0 Å². The van der Waals surface area contributed by atoms with Gasteiger partial charge in [0.1, 0.15) is 11.6 Å². The summed E-state index contributed by atoms with van der Waals surface area (Å²) in [7, 11) is 0. The molecule has 132 valence electrons. The van der Waals surface area contributed by atoms with Crippen molar-refractivity contribution in [1.82, 2.24) is 10.2 Å². The molecule has 1 saturated heterocycles. The average molecular weight is 343 g/mol. The molecular weight excluding hydrogens is 314 g/mol. The summed E-state index contributed by atoms with van der Waals surface area (Å²) in [5.74, 6) is 1.82. The molecule has 6 nitrogen and oxygen atoms in total. The zero-order valence-corrected chi connectivity index (χ0v) is 15.2. The van der Waals surface area contributed by atoms with E-state index in [0.29, 0.717) is 5.88 Å². The quantitative estimate of drug-likeness (QED) is 0.818. The van der Waals surface area contributed by atoms with Crippen LogP contribution in [0.1, 0.15) is 46.5 Å². The number of rotatable bonds is 3. The van der Waals surface area contributed by atoms with Crippen molar-refractivity contribution in [3.05, 3.63) is 0 Å². The van der Waals surface area contributed by atoms with Crippen LogP contribution in [-0.4, -0.2) is 52.8 Å². The van der Waals surface area contributed by atoms with Gasteiger partial charge in [-0.25, -0.2) is 4.79 Å². The molecule has 0 aromatic heterocycles. The van der Waals surface area contributed by atoms with Crippen molar-refractivity contribution in [3.8, 4) is 0 Å². The molecule has 0 aromatic carbocycles. The first-order valence-electron chi connectivity index (χ1n) is 8.38. The van der Waals surface area contributed by atoms with Crippen LogP contribution in [0.5, 0.6) is 0 Å². The number of ether oxygens (including phenoxy) is 1. The first-order valence-corrected chi connectivity index (χ1v) is 9.53. The molecule has 1 saturated carbocycles. The molecule has 7 heteroatoms. The molecule has 23 heavy (non-hydrogen) atoms. The fraction of sp³-hybridized carbons (Fsp3) is 0.875. The first kappa shape index (κ1) is 18.4. The maximum Gasteiger partial charge on any atom is 0.408 e. The number of hydrogen-bond donors (Lipinski definition) is 2. The van der Waals surface area contributed by atoms with Crippen LogP contribution in [0.3, 0.4) is 0 Å². The molecule has 1 aliphatic carbocycles. The predicted octanol–water partition coefficient (Wildman–Crippen LogP) is 1.93. The lowest BCUT2D eigenvalue weighted by Crippen LogP contribution is -2.53. The van der Waals surface area contributed by atoms with Gasteiger partial charge in [-0.05, 0) is 52.4 Å². The number of nitrogens with one attached hydrogen (secondary N) is 1. The third-order valence-corrected chi connectivity index (χ3v) is 5.26. The zero-order valence-electron chi connectivity index (χ0n) is 14.3. The van der Waals surface area contributed by atoms with Gasteiger partial charge >= 0.3 is 6.09 Å². The monoisotopic (exact) mass is 343 g/mol. The number of alkyl carbamates (subject to hydrolysis) is 1. The zero-order chi connectivity index (χ0) is 17.0. The topological polar surface area (TPSA) is 84.7 Å². The Morgan fingerprint density at radius 3 is 2.43 bits per heavy atom. The Balaban J connectivity index is 2.04. The summed E-state index contributed by atoms with van der Waals surface area (Å²) in [4.78, 5) is 26.8. The van der Waals surface area contributed by atoms with Crippen molar-refractivity contribution in [3.63, 3.8) is 0 Å². The van der Waals surface area contributed by atoms with Gasteiger partial charge in [-0.1, -0.05) is 0 Å². The van der Waals surface area contributed by atoms with Crippen molar-refractivity contribution in [1.29, 1.82) is 0 Å². The van der Waals surface area contributed by atoms with E-state index >= 15 is 0 Å². The number of nitrogens with two attached hydrogens (primary N) is 1. The molecule has 1 unspecified atom stereocenters. The molecule has 0 bridgehead atoms.